The summed E-state index contributed by atoms with van der Waals surface area (Å²) < 4.78 is 0.255. The van der Waals surface area contributed by atoms with E-state index in [0.717, 1.165) is 30.1 Å². The second-order valence-electron chi connectivity index (χ2n) is 5.06. The van der Waals surface area contributed by atoms with E-state index >= 15 is 0 Å². The maximum absolute atomic E-state index is 6.02. The number of anilines is 1. The Morgan fingerprint density at radius 3 is 2.83 bits per heavy atom. The van der Waals surface area contributed by atoms with E-state index in [9.17, 15) is 0 Å². The molecule has 1 heterocycles. The first-order valence-corrected chi connectivity index (χ1v) is 7.64. The molecular formula is C13H17ClN2S2. The Kier molecular flexibility index (Phi) is 4.09. The summed E-state index contributed by atoms with van der Waals surface area (Å²) in [7, 11) is 0. The molecule has 1 aromatic carbocycles. The van der Waals surface area contributed by atoms with E-state index < -0.39 is 0 Å². The lowest BCUT2D eigenvalue weighted by Gasteiger charge is -2.39. The Bertz CT molecular complexity index is 474. The van der Waals surface area contributed by atoms with Gasteiger partial charge >= 0.3 is 0 Å². The van der Waals surface area contributed by atoms with E-state index in [0.29, 0.717) is 10.0 Å². The first-order valence-electron chi connectivity index (χ1n) is 5.87. The van der Waals surface area contributed by atoms with E-state index in [1.165, 1.54) is 0 Å². The normalized spacial score (nSPS) is 18.7. The van der Waals surface area contributed by atoms with Crippen LogP contribution in [0.5, 0.6) is 0 Å². The van der Waals surface area contributed by atoms with Crippen molar-refractivity contribution < 1.29 is 0 Å². The molecule has 1 saturated heterocycles. The Morgan fingerprint density at radius 1 is 1.50 bits per heavy atom. The summed E-state index contributed by atoms with van der Waals surface area (Å²) >= 11 is 13.1. The number of halogens is 1. The highest BCUT2D eigenvalue weighted by Crippen LogP contribution is 2.34. The number of thiocarbonyl (C=S) groups is 1. The monoisotopic (exact) mass is 300 g/mol. The molecule has 2 N–H and O–H groups in total. The van der Waals surface area contributed by atoms with Gasteiger partial charge in [-0.25, -0.2) is 0 Å². The van der Waals surface area contributed by atoms with Gasteiger partial charge in [0.05, 0.1) is 0 Å². The fourth-order valence-corrected chi connectivity index (χ4v) is 3.65. The minimum Gasteiger partial charge on any atom is -0.389 e. The highest BCUT2D eigenvalue weighted by atomic mass is 35.5. The lowest BCUT2D eigenvalue weighted by Crippen LogP contribution is -2.43. The predicted molar refractivity (Wildman–Crippen MR) is 86.1 cm³/mol. The minimum atomic E-state index is 0.255. The van der Waals surface area contributed by atoms with Crippen LogP contribution in [0.3, 0.4) is 0 Å². The predicted octanol–water partition coefficient (Wildman–Crippen LogP) is 3.31. The number of hydrogen-bond acceptors (Lipinski definition) is 3. The van der Waals surface area contributed by atoms with Gasteiger partial charge < -0.3 is 10.6 Å². The van der Waals surface area contributed by atoms with Gasteiger partial charge in [-0.2, -0.15) is 11.8 Å². The number of nitrogens with zero attached hydrogens (tertiary/aromatic N) is 1. The molecule has 0 atom stereocenters. The summed E-state index contributed by atoms with van der Waals surface area (Å²) in [5.41, 5.74) is 7.77. The van der Waals surface area contributed by atoms with Crippen molar-refractivity contribution in [1.29, 1.82) is 0 Å². The van der Waals surface area contributed by atoms with Gasteiger partial charge in [-0.15, -0.1) is 0 Å². The molecule has 1 aromatic rings. The van der Waals surface area contributed by atoms with Crippen molar-refractivity contribution in [2.75, 3.05) is 23.7 Å². The third kappa shape index (κ3) is 3.11. The topological polar surface area (TPSA) is 29.3 Å². The third-order valence-electron chi connectivity index (χ3n) is 2.99. The van der Waals surface area contributed by atoms with Crippen molar-refractivity contribution in [1.82, 2.24) is 0 Å². The van der Waals surface area contributed by atoms with Crippen LogP contribution in [0.15, 0.2) is 18.2 Å². The molecule has 1 aliphatic heterocycles. The largest absolute Gasteiger partial charge is 0.389 e. The molecule has 0 bridgehead atoms. The Labute approximate surface area is 123 Å². The van der Waals surface area contributed by atoms with Crippen molar-refractivity contribution in [2.45, 2.75) is 18.6 Å². The van der Waals surface area contributed by atoms with Crippen LogP contribution in [0.1, 0.15) is 19.4 Å². The van der Waals surface area contributed by atoms with Crippen LogP contribution in [-0.4, -0.2) is 28.6 Å². The highest BCUT2D eigenvalue weighted by Gasteiger charge is 2.28. The van der Waals surface area contributed by atoms with Crippen molar-refractivity contribution >= 4 is 46.3 Å². The van der Waals surface area contributed by atoms with Crippen molar-refractivity contribution in [3.8, 4) is 0 Å². The van der Waals surface area contributed by atoms with Gasteiger partial charge in [0.15, 0.2) is 0 Å². The summed E-state index contributed by atoms with van der Waals surface area (Å²) in [5.74, 6) is 1.12. The summed E-state index contributed by atoms with van der Waals surface area (Å²) in [5, 5.41) is 0.673. The van der Waals surface area contributed by atoms with E-state index in [2.05, 4.69) is 18.7 Å². The van der Waals surface area contributed by atoms with Gasteiger partial charge in [0.1, 0.15) is 4.99 Å². The van der Waals surface area contributed by atoms with Gasteiger partial charge in [-0.1, -0.05) is 23.8 Å². The standard InChI is InChI=1S/C13H17ClN2S2/c1-13(2)8-16(5-6-18-13)11-4-3-9(14)7-10(11)12(15)17/h3-4,7H,5-6,8H2,1-2H3,(H2,15,17). The molecule has 5 heteroatoms. The van der Waals surface area contributed by atoms with E-state index in [1.54, 1.807) is 0 Å². The average molecular weight is 301 g/mol. The molecule has 0 unspecified atom stereocenters. The molecule has 0 saturated carbocycles. The van der Waals surface area contributed by atoms with Gasteiger partial charge in [0.2, 0.25) is 0 Å². The molecule has 0 spiro atoms. The van der Waals surface area contributed by atoms with Crippen LogP contribution in [-0.2, 0) is 0 Å². The lowest BCUT2D eigenvalue weighted by molar-refractivity contribution is 0.647. The quantitative estimate of drug-likeness (QED) is 0.849. The van der Waals surface area contributed by atoms with E-state index in [-0.39, 0.29) is 4.75 Å². The molecule has 0 aromatic heterocycles. The SMILES string of the molecule is CC1(C)CN(c2ccc(Cl)cc2C(N)=S)CCS1. The van der Waals surface area contributed by atoms with Crippen molar-refractivity contribution in [2.24, 2.45) is 5.73 Å². The maximum Gasteiger partial charge on any atom is 0.106 e. The maximum atomic E-state index is 6.02. The number of nitrogens with two attached hydrogens (primary N) is 1. The number of hydrogen-bond donors (Lipinski definition) is 1. The molecule has 0 aliphatic carbocycles. The Hall–Kier alpha value is -0.450. The molecule has 0 radical (unpaired) electrons. The first kappa shape index (κ1) is 14.0. The molecule has 1 fully saturated rings. The van der Waals surface area contributed by atoms with Crippen LogP contribution >= 0.6 is 35.6 Å². The zero-order valence-corrected chi connectivity index (χ0v) is 13.0. The summed E-state index contributed by atoms with van der Waals surface area (Å²) in [6.45, 7) is 6.54. The van der Waals surface area contributed by atoms with Gasteiger partial charge in [-0.05, 0) is 32.0 Å². The molecule has 0 amide bonds. The fraction of sp³-hybridized carbons (Fsp3) is 0.462. The molecule has 98 valence electrons. The van der Waals surface area contributed by atoms with Crippen LogP contribution in [0.2, 0.25) is 5.02 Å². The second kappa shape index (κ2) is 5.27. The number of rotatable bonds is 2. The molecule has 1 aliphatic rings. The Balaban J connectivity index is 2.35. The van der Waals surface area contributed by atoms with Gasteiger partial charge in [-0.3, -0.25) is 0 Å². The van der Waals surface area contributed by atoms with E-state index in [1.807, 2.05) is 30.0 Å². The number of benzene rings is 1. The first-order chi connectivity index (χ1) is 8.39. The van der Waals surface area contributed by atoms with Crippen LogP contribution in [0.25, 0.3) is 0 Å². The summed E-state index contributed by atoms with van der Waals surface area (Å²) in [6, 6.07) is 5.77. The van der Waals surface area contributed by atoms with Crippen molar-refractivity contribution in [3.05, 3.63) is 28.8 Å². The fourth-order valence-electron chi connectivity index (χ4n) is 2.20. The molecule has 2 rings (SSSR count). The Morgan fingerprint density at radius 2 is 2.22 bits per heavy atom. The molecule has 18 heavy (non-hydrogen) atoms. The zero-order valence-electron chi connectivity index (χ0n) is 10.6. The summed E-state index contributed by atoms with van der Waals surface area (Å²) in [6.07, 6.45) is 0. The summed E-state index contributed by atoms with van der Waals surface area (Å²) in [4.78, 5) is 2.75. The minimum absolute atomic E-state index is 0.255. The van der Waals surface area contributed by atoms with E-state index in [4.69, 9.17) is 29.6 Å². The second-order valence-corrected chi connectivity index (χ2v) is 7.73. The third-order valence-corrected chi connectivity index (χ3v) is 4.74. The molecular weight excluding hydrogens is 284 g/mol. The van der Waals surface area contributed by atoms with Crippen LogP contribution < -0.4 is 10.6 Å². The zero-order chi connectivity index (χ0) is 13.3. The van der Waals surface area contributed by atoms with Gasteiger partial charge in [0.25, 0.3) is 0 Å². The smallest absolute Gasteiger partial charge is 0.106 e. The van der Waals surface area contributed by atoms with Crippen molar-refractivity contribution in [3.63, 3.8) is 0 Å². The lowest BCUT2D eigenvalue weighted by atomic mass is 10.1. The highest BCUT2D eigenvalue weighted by molar-refractivity contribution is 8.00. The van der Waals surface area contributed by atoms with Gasteiger partial charge in [0, 0.05) is 39.9 Å². The molecule has 2 nitrogen and oxygen atoms in total. The number of thioether (sulfide) groups is 1. The van der Waals surface area contributed by atoms with Crippen LogP contribution in [0.4, 0.5) is 5.69 Å². The van der Waals surface area contributed by atoms with Crippen LogP contribution in [0, 0.1) is 0 Å². The average Bonchev–Trinajstić information content (AvgIpc) is 2.27.